The lowest BCUT2D eigenvalue weighted by atomic mass is 9.96. The van der Waals surface area contributed by atoms with Crippen LogP contribution in [0, 0.1) is 17.7 Å². The van der Waals surface area contributed by atoms with E-state index in [9.17, 15) is 9.18 Å². The van der Waals surface area contributed by atoms with Gasteiger partial charge in [0.25, 0.3) is 0 Å². The number of benzene rings is 1. The summed E-state index contributed by atoms with van der Waals surface area (Å²) in [5.74, 6) is 0.913. The Bertz CT molecular complexity index is 535. The molecule has 126 valence electrons. The second-order valence-corrected chi connectivity index (χ2v) is 7.44. The summed E-state index contributed by atoms with van der Waals surface area (Å²) >= 11 is 0. The van der Waals surface area contributed by atoms with Gasteiger partial charge in [-0.25, -0.2) is 4.39 Å². The molecule has 1 atom stereocenters. The second-order valence-electron chi connectivity index (χ2n) is 7.44. The van der Waals surface area contributed by atoms with Crippen LogP contribution in [0.15, 0.2) is 24.3 Å². The molecule has 0 aromatic heterocycles. The molecule has 1 unspecified atom stereocenters. The fourth-order valence-electron chi connectivity index (χ4n) is 3.12. The van der Waals surface area contributed by atoms with E-state index in [1.807, 2.05) is 0 Å². The third-order valence-electron chi connectivity index (χ3n) is 4.81. The fourth-order valence-corrected chi connectivity index (χ4v) is 3.12. The Morgan fingerprint density at radius 2 is 1.87 bits per heavy atom. The van der Waals surface area contributed by atoms with Crippen LogP contribution >= 0.6 is 0 Å². The highest BCUT2D eigenvalue weighted by Gasteiger charge is 2.34. The fraction of sp³-hybridized carbons (Fsp3) is 0.632. The van der Waals surface area contributed by atoms with Crippen LogP contribution in [-0.4, -0.2) is 29.9 Å². The molecule has 0 aliphatic heterocycles. The van der Waals surface area contributed by atoms with Crippen molar-refractivity contribution < 1.29 is 9.18 Å². The number of hydrogen-bond acceptors (Lipinski definition) is 2. The lowest BCUT2D eigenvalue weighted by Crippen LogP contribution is -2.41. The molecule has 0 radical (unpaired) electrons. The maximum absolute atomic E-state index is 13.1. The molecule has 1 N–H and O–H groups in total. The van der Waals surface area contributed by atoms with Gasteiger partial charge in [-0.15, -0.1) is 0 Å². The first-order valence-corrected chi connectivity index (χ1v) is 8.82. The van der Waals surface area contributed by atoms with Crippen molar-refractivity contribution in [2.24, 2.45) is 11.8 Å². The zero-order valence-corrected chi connectivity index (χ0v) is 14.1. The quantitative estimate of drug-likeness (QED) is 0.795. The van der Waals surface area contributed by atoms with Crippen molar-refractivity contribution in [1.82, 2.24) is 10.2 Å². The molecular weight excluding hydrogens is 291 g/mol. The number of nitrogens with zero attached hydrogens (tertiary/aromatic N) is 1. The number of halogens is 1. The van der Waals surface area contributed by atoms with E-state index in [-0.39, 0.29) is 23.7 Å². The summed E-state index contributed by atoms with van der Waals surface area (Å²) in [4.78, 5) is 14.9. The maximum Gasteiger partial charge on any atom is 0.234 e. The van der Waals surface area contributed by atoms with E-state index < -0.39 is 0 Å². The molecule has 2 saturated carbocycles. The van der Waals surface area contributed by atoms with Gasteiger partial charge in [0, 0.05) is 12.6 Å². The highest BCUT2D eigenvalue weighted by molar-refractivity contribution is 5.78. The highest BCUT2D eigenvalue weighted by Crippen LogP contribution is 2.34. The first-order valence-electron chi connectivity index (χ1n) is 8.82. The van der Waals surface area contributed by atoms with Crippen molar-refractivity contribution in [3.63, 3.8) is 0 Å². The Morgan fingerprint density at radius 3 is 2.39 bits per heavy atom. The van der Waals surface area contributed by atoms with Crippen molar-refractivity contribution in [1.29, 1.82) is 0 Å². The third kappa shape index (κ3) is 4.77. The predicted molar refractivity (Wildman–Crippen MR) is 89.4 cm³/mol. The summed E-state index contributed by atoms with van der Waals surface area (Å²) in [5.41, 5.74) is 0.968. The van der Waals surface area contributed by atoms with Crippen LogP contribution in [-0.2, 0) is 4.79 Å². The van der Waals surface area contributed by atoms with Crippen LogP contribution in [0.5, 0.6) is 0 Å². The van der Waals surface area contributed by atoms with Gasteiger partial charge < -0.3 is 5.32 Å². The van der Waals surface area contributed by atoms with E-state index in [1.54, 1.807) is 12.1 Å². The largest absolute Gasteiger partial charge is 0.348 e. The molecule has 0 spiro atoms. The normalized spacial score (nSPS) is 19.2. The van der Waals surface area contributed by atoms with E-state index >= 15 is 0 Å². The van der Waals surface area contributed by atoms with E-state index in [4.69, 9.17) is 0 Å². The van der Waals surface area contributed by atoms with Crippen molar-refractivity contribution in [2.75, 3.05) is 13.1 Å². The topological polar surface area (TPSA) is 32.3 Å². The number of carbonyl (C=O) groups is 1. The smallest absolute Gasteiger partial charge is 0.234 e. The summed E-state index contributed by atoms with van der Waals surface area (Å²) in [6.07, 6.45) is 5.08. The van der Waals surface area contributed by atoms with Crippen molar-refractivity contribution in [3.05, 3.63) is 35.6 Å². The van der Waals surface area contributed by atoms with Gasteiger partial charge in [0.05, 0.1) is 12.6 Å². The Kier molecular flexibility index (Phi) is 5.00. The van der Waals surface area contributed by atoms with Crippen LogP contribution < -0.4 is 5.32 Å². The van der Waals surface area contributed by atoms with Crippen LogP contribution in [0.3, 0.4) is 0 Å². The minimum Gasteiger partial charge on any atom is -0.348 e. The molecule has 0 saturated heterocycles. The van der Waals surface area contributed by atoms with E-state index in [0.717, 1.165) is 18.0 Å². The molecule has 2 aliphatic rings. The number of carbonyl (C=O) groups excluding carboxylic acids is 1. The summed E-state index contributed by atoms with van der Waals surface area (Å²) in [6.45, 7) is 5.72. The van der Waals surface area contributed by atoms with E-state index in [0.29, 0.717) is 12.6 Å². The van der Waals surface area contributed by atoms with Gasteiger partial charge in [-0.2, -0.15) is 0 Å². The Balaban J connectivity index is 1.59. The zero-order chi connectivity index (χ0) is 16.4. The molecule has 3 nitrogen and oxygen atoms in total. The summed E-state index contributed by atoms with van der Waals surface area (Å²) in [5, 5.41) is 3.16. The molecule has 4 heteroatoms. The van der Waals surface area contributed by atoms with Gasteiger partial charge in [-0.05, 0) is 55.2 Å². The van der Waals surface area contributed by atoms with Crippen LogP contribution in [0.25, 0.3) is 0 Å². The number of rotatable bonds is 8. The van der Waals surface area contributed by atoms with Crippen molar-refractivity contribution in [2.45, 2.75) is 51.6 Å². The van der Waals surface area contributed by atoms with E-state index in [2.05, 4.69) is 24.1 Å². The zero-order valence-electron chi connectivity index (χ0n) is 14.1. The first-order chi connectivity index (χ1) is 11.0. The molecule has 2 fully saturated rings. The minimum absolute atomic E-state index is 0.0647. The lowest BCUT2D eigenvalue weighted by molar-refractivity contribution is -0.123. The van der Waals surface area contributed by atoms with Crippen LogP contribution in [0.2, 0.25) is 0 Å². The molecule has 0 heterocycles. The van der Waals surface area contributed by atoms with Crippen LogP contribution in [0.1, 0.15) is 51.1 Å². The Morgan fingerprint density at radius 1 is 1.22 bits per heavy atom. The molecule has 0 bridgehead atoms. The Labute approximate surface area is 138 Å². The molecule has 1 aromatic carbocycles. The molecule has 1 amide bonds. The van der Waals surface area contributed by atoms with Gasteiger partial charge in [-0.3, -0.25) is 9.69 Å². The second kappa shape index (κ2) is 7.00. The van der Waals surface area contributed by atoms with E-state index in [1.165, 1.54) is 37.8 Å². The number of nitrogens with one attached hydrogen (secondary N) is 1. The van der Waals surface area contributed by atoms with Gasteiger partial charge in [-0.1, -0.05) is 26.0 Å². The monoisotopic (exact) mass is 318 g/mol. The number of amides is 1. The SMILES string of the molecule is CC(C)C(NC(=O)CN(CC1CC1)C1CC1)c1ccc(F)cc1. The first kappa shape index (κ1) is 16.4. The molecule has 1 aromatic rings. The lowest BCUT2D eigenvalue weighted by Gasteiger charge is -2.26. The number of hydrogen-bond donors (Lipinski definition) is 1. The van der Waals surface area contributed by atoms with Gasteiger partial charge in [0.2, 0.25) is 5.91 Å². The summed E-state index contributed by atoms with van der Waals surface area (Å²) < 4.78 is 13.1. The summed E-state index contributed by atoms with van der Waals surface area (Å²) in [7, 11) is 0. The van der Waals surface area contributed by atoms with Crippen LogP contribution in [0.4, 0.5) is 4.39 Å². The standard InChI is InChI=1S/C19H27FN2O/c1-13(2)19(15-5-7-16(20)8-6-15)21-18(23)12-22(17-9-10-17)11-14-3-4-14/h5-8,13-14,17,19H,3-4,9-12H2,1-2H3,(H,21,23). The average Bonchev–Trinajstić information content (AvgIpc) is 3.37. The van der Waals surface area contributed by atoms with Gasteiger partial charge in [0.15, 0.2) is 0 Å². The average molecular weight is 318 g/mol. The molecule has 3 rings (SSSR count). The predicted octanol–water partition coefficient (Wildman–Crippen LogP) is 3.51. The highest BCUT2D eigenvalue weighted by atomic mass is 19.1. The van der Waals surface area contributed by atoms with Crippen molar-refractivity contribution >= 4 is 5.91 Å². The maximum atomic E-state index is 13.1. The molecule has 23 heavy (non-hydrogen) atoms. The minimum atomic E-state index is -0.244. The van der Waals surface area contributed by atoms with Gasteiger partial charge in [0.1, 0.15) is 5.82 Å². The summed E-state index contributed by atoms with van der Waals surface area (Å²) in [6, 6.07) is 7.00. The molecular formula is C19H27FN2O. The third-order valence-corrected chi connectivity index (χ3v) is 4.81. The van der Waals surface area contributed by atoms with Crippen molar-refractivity contribution in [3.8, 4) is 0 Å². The Hall–Kier alpha value is -1.42. The van der Waals surface area contributed by atoms with Gasteiger partial charge >= 0.3 is 0 Å². The molecule has 2 aliphatic carbocycles.